The monoisotopic (exact) mass is 410 g/mol. The highest BCUT2D eigenvalue weighted by molar-refractivity contribution is 7.99. The quantitative estimate of drug-likeness (QED) is 0.541. The van der Waals surface area contributed by atoms with Crippen molar-refractivity contribution in [3.63, 3.8) is 0 Å². The zero-order valence-electron chi connectivity index (χ0n) is 17.0. The van der Waals surface area contributed by atoms with E-state index in [2.05, 4.69) is 53.6 Å². The Labute approximate surface area is 175 Å². The third-order valence-corrected chi connectivity index (χ3v) is 5.45. The summed E-state index contributed by atoms with van der Waals surface area (Å²) in [4.78, 5) is 12.2. The molecule has 0 saturated carbocycles. The first-order valence-corrected chi connectivity index (χ1v) is 10.5. The molecule has 3 rings (SSSR count). The van der Waals surface area contributed by atoms with Crippen LogP contribution in [0.3, 0.4) is 0 Å². The van der Waals surface area contributed by atoms with Gasteiger partial charge in [0.1, 0.15) is 6.33 Å². The lowest BCUT2D eigenvalue weighted by atomic mass is 10.0. The van der Waals surface area contributed by atoms with E-state index in [1.807, 2.05) is 28.8 Å². The van der Waals surface area contributed by atoms with Crippen LogP contribution in [0.15, 0.2) is 60.0 Å². The largest absolute Gasteiger partial charge is 0.380 e. The average molecular weight is 411 g/mol. The Bertz CT molecular complexity index is 921. The molecule has 0 radical (unpaired) electrons. The molecule has 0 bridgehead atoms. The fourth-order valence-corrected chi connectivity index (χ4v) is 3.58. The molecule has 0 spiro atoms. The van der Waals surface area contributed by atoms with Crippen molar-refractivity contribution in [1.29, 1.82) is 0 Å². The molecular formula is C22H26N4O2S. The van der Waals surface area contributed by atoms with Gasteiger partial charge in [-0.2, -0.15) is 0 Å². The highest BCUT2D eigenvalue weighted by atomic mass is 32.2. The Morgan fingerprint density at radius 2 is 1.79 bits per heavy atom. The van der Waals surface area contributed by atoms with Crippen LogP contribution in [-0.2, 0) is 22.7 Å². The average Bonchev–Trinajstić information content (AvgIpc) is 3.20. The summed E-state index contributed by atoms with van der Waals surface area (Å²) in [5.41, 5.74) is 4.43. The number of aromatic nitrogens is 3. The number of ether oxygens (including phenoxy) is 1. The van der Waals surface area contributed by atoms with Crippen LogP contribution in [0.25, 0.3) is 5.69 Å². The van der Waals surface area contributed by atoms with Crippen molar-refractivity contribution < 1.29 is 9.53 Å². The minimum Gasteiger partial charge on any atom is -0.380 e. The van der Waals surface area contributed by atoms with Crippen molar-refractivity contribution >= 4 is 17.7 Å². The van der Waals surface area contributed by atoms with E-state index in [0.717, 1.165) is 16.8 Å². The van der Waals surface area contributed by atoms with Gasteiger partial charge in [-0.15, -0.1) is 10.2 Å². The standard InChI is InChI=1S/C22H26N4O2S/c1-16(2)19-8-10-20(11-9-19)26-15-24-25-22(26)29-14-21(27)23-12-17-4-6-18(7-5-17)13-28-3/h4-11,15-16H,12-14H2,1-3H3,(H,23,27). The Morgan fingerprint density at radius 1 is 1.10 bits per heavy atom. The SMILES string of the molecule is COCc1ccc(CNC(=O)CSc2nncn2-c2ccc(C(C)C)cc2)cc1. The van der Waals surface area contributed by atoms with Crippen LogP contribution >= 0.6 is 11.8 Å². The van der Waals surface area contributed by atoms with Crippen LogP contribution in [0.4, 0.5) is 0 Å². The number of amides is 1. The van der Waals surface area contributed by atoms with E-state index in [0.29, 0.717) is 24.2 Å². The maximum atomic E-state index is 12.2. The molecule has 1 N–H and O–H groups in total. The van der Waals surface area contributed by atoms with Gasteiger partial charge < -0.3 is 10.1 Å². The molecule has 152 valence electrons. The molecule has 0 aliphatic heterocycles. The molecule has 0 atom stereocenters. The number of thioether (sulfide) groups is 1. The summed E-state index contributed by atoms with van der Waals surface area (Å²) in [7, 11) is 1.67. The molecule has 2 aromatic carbocycles. The summed E-state index contributed by atoms with van der Waals surface area (Å²) in [5, 5.41) is 11.8. The Hall–Kier alpha value is -2.64. The molecule has 6 nitrogen and oxygen atoms in total. The van der Waals surface area contributed by atoms with E-state index >= 15 is 0 Å². The lowest BCUT2D eigenvalue weighted by molar-refractivity contribution is -0.118. The number of carbonyl (C=O) groups excluding carboxylic acids is 1. The Kier molecular flexibility index (Phi) is 7.43. The number of hydrogen-bond donors (Lipinski definition) is 1. The molecule has 0 fully saturated rings. The molecular weight excluding hydrogens is 384 g/mol. The molecule has 29 heavy (non-hydrogen) atoms. The third kappa shape index (κ3) is 5.92. The van der Waals surface area contributed by atoms with Crippen LogP contribution in [0.1, 0.15) is 36.5 Å². The summed E-state index contributed by atoms with van der Waals surface area (Å²) in [5.74, 6) is 0.726. The van der Waals surface area contributed by atoms with E-state index in [9.17, 15) is 4.79 Å². The molecule has 1 amide bonds. The topological polar surface area (TPSA) is 69.0 Å². The first-order valence-electron chi connectivity index (χ1n) is 9.53. The Balaban J connectivity index is 1.52. The molecule has 3 aromatic rings. The first-order chi connectivity index (χ1) is 14.1. The van der Waals surface area contributed by atoms with Crippen molar-refractivity contribution in [3.8, 4) is 5.69 Å². The second-order valence-corrected chi connectivity index (χ2v) is 7.99. The molecule has 0 aliphatic carbocycles. The number of nitrogens with zero attached hydrogens (tertiary/aromatic N) is 3. The van der Waals surface area contributed by atoms with Crippen molar-refractivity contribution in [1.82, 2.24) is 20.1 Å². The first kappa shape index (κ1) is 21.1. The molecule has 0 aliphatic rings. The van der Waals surface area contributed by atoms with Crippen molar-refractivity contribution in [2.45, 2.75) is 38.1 Å². The fourth-order valence-electron chi connectivity index (χ4n) is 2.82. The van der Waals surface area contributed by atoms with Crippen LogP contribution in [0, 0.1) is 0 Å². The molecule has 0 saturated heterocycles. The van der Waals surface area contributed by atoms with Crippen LogP contribution < -0.4 is 5.32 Å². The van der Waals surface area contributed by atoms with Crippen LogP contribution in [-0.4, -0.2) is 33.5 Å². The van der Waals surface area contributed by atoms with Gasteiger partial charge in [-0.1, -0.05) is 62.0 Å². The predicted octanol–water partition coefficient (Wildman–Crippen LogP) is 3.95. The van der Waals surface area contributed by atoms with Gasteiger partial charge >= 0.3 is 0 Å². The molecule has 1 aromatic heterocycles. The van der Waals surface area contributed by atoms with Gasteiger partial charge in [0.15, 0.2) is 5.16 Å². The van der Waals surface area contributed by atoms with E-state index < -0.39 is 0 Å². The van der Waals surface area contributed by atoms with Gasteiger partial charge in [0.2, 0.25) is 5.91 Å². The number of nitrogens with one attached hydrogen (secondary N) is 1. The maximum Gasteiger partial charge on any atom is 0.230 e. The summed E-state index contributed by atoms with van der Waals surface area (Å²) in [6.07, 6.45) is 1.67. The van der Waals surface area contributed by atoms with Crippen molar-refractivity contribution in [2.24, 2.45) is 0 Å². The van der Waals surface area contributed by atoms with E-state index in [1.165, 1.54) is 17.3 Å². The number of carbonyl (C=O) groups is 1. The summed E-state index contributed by atoms with van der Waals surface area (Å²) >= 11 is 1.37. The van der Waals surface area contributed by atoms with Gasteiger partial charge in [0.05, 0.1) is 12.4 Å². The number of benzene rings is 2. The smallest absolute Gasteiger partial charge is 0.230 e. The molecule has 1 heterocycles. The lowest BCUT2D eigenvalue weighted by Crippen LogP contribution is -2.24. The lowest BCUT2D eigenvalue weighted by Gasteiger charge is -2.09. The molecule has 7 heteroatoms. The minimum atomic E-state index is -0.0410. The normalized spacial score (nSPS) is 11.0. The second kappa shape index (κ2) is 10.2. The van der Waals surface area contributed by atoms with E-state index in [1.54, 1.807) is 13.4 Å². The summed E-state index contributed by atoms with van der Waals surface area (Å²) in [6.45, 7) is 5.42. The van der Waals surface area contributed by atoms with E-state index in [4.69, 9.17) is 4.74 Å². The van der Waals surface area contributed by atoms with E-state index in [-0.39, 0.29) is 11.7 Å². The zero-order valence-corrected chi connectivity index (χ0v) is 17.8. The van der Waals surface area contributed by atoms with Crippen molar-refractivity contribution in [3.05, 3.63) is 71.5 Å². The number of rotatable bonds is 9. The second-order valence-electron chi connectivity index (χ2n) is 7.04. The summed E-state index contributed by atoms with van der Waals surface area (Å²) < 4.78 is 7.00. The maximum absolute atomic E-state index is 12.2. The fraction of sp³-hybridized carbons (Fsp3) is 0.318. The van der Waals surface area contributed by atoms with Crippen LogP contribution in [0.2, 0.25) is 0 Å². The van der Waals surface area contributed by atoms with Gasteiger partial charge in [-0.05, 0) is 34.7 Å². The zero-order chi connectivity index (χ0) is 20.6. The minimum absolute atomic E-state index is 0.0410. The van der Waals surface area contributed by atoms with Gasteiger partial charge in [0, 0.05) is 19.3 Å². The number of methoxy groups -OCH3 is 1. The number of hydrogen-bond acceptors (Lipinski definition) is 5. The highest BCUT2D eigenvalue weighted by Gasteiger charge is 2.10. The van der Waals surface area contributed by atoms with Gasteiger partial charge in [0.25, 0.3) is 0 Å². The Morgan fingerprint density at radius 3 is 2.45 bits per heavy atom. The van der Waals surface area contributed by atoms with Crippen molar-refractivity contribution in [2.75, 3.05) is 12.9 Å². The highest BCUT2D eigenvalue weighted by Crippen LogP contribution is 2.21. The van der Waals surface area contributed by atoms with Gasteiger partial charge in [-0.25, -0.2) is 0 Å². The van der Waals surface area contributed by atoms with Gasteiger partial charge in [-0.3, -0.25) is 9.36 Å². The molecule has 0 unspecified atom stereocenters. The summed E-state index contributed by atoms with van der Waals surface area (Å²) in [6, 6.07) is 16.3. The third-order valence-electron chi connectivity index (χ3n) is 4.51. The predicted molar refractivity (Wildman–Crippen MR) is 115 cm³/mol. The van der Waals surface area contributed by atoms with Crippen LogP contribution in [0.5, 0.6) is 0 Å².